The van der Waals surface area contributed by atoms with E-state index >= 15 is 0 Å². The summed E-state index contributed by atoms with van der Waals surface area (Å²) in [5, 5.41) is 14.1. The van der Waals surface area contributed by atoms with Crippen molar-refractivity contribution in [2.24, 2.45) is 0 Å². The molecule has 0 aliphatic rings. The van der Waals surface area contributed by atoms with Crippen LogP contribution in [0.15, 0.2) is 540 Å². The number of hydrogen-bond acceptors (Lipinski definition) is 7. The summed E-state index contributed by atoms with van der Waals surface area (Å²) in [7, 11) is 0. The molecule has 0 spiro atoms. The molecule has 30 aromatic rings. The van der Waals surface area contributed by atoms with Gasteiger partial charge in [0.25, 0.3) is 0 Å². The van der Waals surface area contributed by atoms with Crippen LogP contribution >= 0.6 is 0 Å². The minimum atomic E-state index is 0.640. The highest BCUT2D eigenvalue weighted by Crippen LogP contribution is 2.48. The molecular formula is C137H89N13. The molecule has 11 aromatic heterocycles. The first kappa shape index (κ1) is 87.4. The van der Waals surface area contributed by atoms with Gasteiger partial charge < -0.3 is 4.57 Å². The van der Waals surface area contributed by atoms with Crippen LogP contribution in [0.2, 0.25) is 0 Å². The summed E-state index contributed by atoms with van der Waals surface area (Å²) in [6.45, 7) is 0. The minimum Gasteiger partial charge on any atom is -0.309 e. The monoisotopic (exact) mass is 1920 g/mol. The Bertz CT molecular complexity index is 9930. The number of fused-ring (bicyclic) bond motifs is 18. The van der Waals surface area contributed by atoms with Crippen LogP contribution in [-0.2, 0) is 0 Å². The summed E-state index contributed by atoms with van der Waals surface area (Å²) in [4.78, 5) is 35.3. The largest absolute Gasteiger partial charge is 0.309 e. The average molecular weight is 1920 g/mol. The van der Waals surface area contributed by atoms with E-state index in [0.29, 0.717) is 11.8 Å². The van der Waals surface area contributed by atoms with Gasteiger partial charge in [0.2, 0.25) is 5.95 Å². The van der Waals surface area contributed by atoms with Crippen LogP contribution in [0.5, 0.6) is 0 Å². The lowest BCUT2D eigenvalue weighted by Crippen LogP contribution is -2.04. The molecule has 13 heteroatoms. The van der Waals surface area contributed by atoms with Crippen LogP contribution in [0.25, 0.3) is 267 Å². The number of para-hydroxylation sites is 5. The third kappa shape index (κ3) is 15.2. The maximum absolute atomic E-state index is 5.22. The van der Waals surface area contributed by atoms with Crippen LogP contribution in [0.3, 0.4) is 0 Å². The molecule has 0 aliphatic heterocycles. The predicted octanol–water partition coefficient (Wildman–Crippen LogP) is 34.4. The van der Waals surface area contributed by atoms with Crippen molar-refractivity contribution in [1.82, 2.24) is 62.3 Å². The van der Waals surface area contributed by atoms with Gasteiger partial charge >= 0.3 is 0 Å². The second-order valence-corrected chi connectivity index (χ2v) is 37.8. The number of pyridine rings is 3. The SMILES string of the molecule is c1ccc(-c2cc(-c3ccccc3)nc(-n3c4ccccc4c4c(-c5ccc6c(c5)c5cccnc5n6-c5ccccc5)cccc43)n2)cc1.c1ccc(-c2cc(-n3c4ccccc4c4c(-c5ccc6c(c5)c5cccnc5n6-c5ccccc5)cccc43)nc(-c3ccccc3)n2)cc1.c1ccc(-c2ccc(-n3c4ccc(-c5cccc6c5c5ccccc5n6-c5cccc(-c6ccccc6)c5)cc4c4cccnc43)cc2)cc1. The molecule has 0 amide bonds. The van der Waals surface area contributed by atoms with Gasteiger partial charge in [0, 0.05) is 134 Å². The van der Waals surface area contributed by atoms with Gasteiger partial charge in [0.15, 0.2) is 5.82 Å². The molecule has 19 aromatic carbocycles. The molecule has 13 nitrogen and oxygen atoms in total. The van der Waals surface area contributed by atoms with Gasteiger partial charge in [-0.15, -0.1) is 0 Å². The van der Waals surface area contributed by atoms with E-state index in [0.717, 1.165) is 162 Å². The van der Waals surface area contributed by atoms with Crippen molar-refractivity contribution in [2.45, 2.75) is 0 Å². The van der Waals surface area contributed by atoms with Gasteiger partial charge in [-0.05, 0) is 219 Å². The van der Waals surface area contributed by atoms with E-state index in [9.17, 15) is 0 Å². The molecule has 0 atom stereocenters. The van der Waals surface area contributed by atoms with Crippen molar-refractivity contribution in [3.8, 4) is 135 Å². The van der Waals surface area contributed by atoms with Gasteiger partial charge in [0.1, 0.15) is 22.8 Å². The lowest BCUT2D eigenvalue weighted by Gasteiger charge is -2.12. The van der Waals surface area contributed by atoms with E-state index in [1.165, 1.54) is 93.1 Å². The van der Waals surface area contributed by atoms with Crippen molar-refractivity contribution in [1.29, 1.82) is 0 Å². The molecule has 0 unspecified atom stereocenters. The number of rotatable bonds is 15. The molecule has 30 rings (SSSR count). The fourth-order valence-electron chi connectivity index (χ4n) is 22.5. The standard InChI is InChI=1S/C47H31N3.2C45H29N5/c1-3-12-32(13-4-1)34-23-26-37(27-24-34)50-44-28-25-36(31-42(44)40-20-11-29-48-47(40)50)39-19-10-22-45-46(39)41-18-7-8-21-43(41)49(45)38-17-9-16-35(30-38)33-14-5-2-6-15-33;1-4-14-30(15-5-1)38-29-39(31-16-6-2-7-17-31)48-45(47-38)50-40-23-11-10-20-36(40)43-34(21-12-24-42(43)50)32-25-26-41-37(28-32)35-22-13-27-46-44(35)49(41)33-18-8-3-9-19-33;1-4-14-30(15-5-1)38-29-42(48-44(47-38)31-16-6-2-7-17-31)50-39-23-11-10-20-36(39)43-34(21-12-24-41(43)50)32-25-26-40-37(28-32)35-22-13-27-46-45(35)49(40)33-18-8-3-9-19-33/h1-31H;2*1-29H. The smallest absolute Gasteiger partial charge is 0.235 e. The molecule has 11 heterocycles. The first-order valence-corrected chi connectivity index (χ1v) is 50.6. The Morgan fingerprint density at radius 3 is 0.867 bits per heavy atom. The molecule has 0 N–H and O–H groups in total. The third-order valence-corrected chi connectivity index (χ3v) is 29.2. The zero-order valence-electron chi connectivity index (χ0n) is 81.2. The predicted molar refractivity (Wildman–Crippen MR) is 619 cm³/mol. The topological polar surface area (TPSA) is 120 Å². The van der Waals surface area contributed by atoms with Gasteiger partial charge in [-0.25, -0.2) is 34.9 Å². The second-order valence-electron chi connectivity index (χ2n) is 37.8. The van der Waals surface area contributed by atoms with Crippen molar-refractivity contribution < 1.29 is 0 Å². The van der Waals surface area contributed by atoms with Crippen molar-refractivity contribution in [3.63, 3.8) is 0 Å². The molecule has 150 heavy (non-hydrogen) atoms. The van der Waals surface area contributed by atoms with E-state index < -0.39 is 0 Å². The fraction of sp³-hybridized carbons (Fsp3) is 0. The maximum atomic E-state index is 5.22. The van der Waals surface area contributed by atoms with Gasteiger partial charge in [-0.3, -0.25) is 22.8 Å². The van der Waals surface area contributed by atoms with Gasteiger partial charge in [-0.1, -0.05) is 352 Å². The second kappa shape index (κ2) is 37.1. The first-order chi connectivity index (χ1) is 74.4. The number of nitrogens with zero attached hydrogens (tertiary/aromatic N) is 13. The molecule has 702 valence electrons. The average Bonchev–Trinajstić information content (AvgIpc) is 1.57. The highest BCUT2D eigenvalue weighted by molar-refractivity contribution is 6.21. The molecule has 0 aliphatic carbocycles. The lowest BCUT2D eigenvalue weighted by molar-refractivity contribution is 0.995. The Morgan fingerprint density at radius 1 is 0.147 bits per heavy atom. The number of benzene rings is 19. The zero-order valence-corrected chi connectivity index (χ0v) is 81.2. The van der Waals surface area contributed by atoms with Crippen molar-refractivity contribution in [3.05, 3.63) is 540 Å². The van der Waals surface area contributed by atoms with Crippen LogP contribution in [0.1, 0.15) is 0 Å². The normalized spacial score (nSPS) is 11.6. The lowest BCUT2D eigenvalue weighted by atomic mass is 9.98. The van der Waals surface area contributed by atoms with Gasteiger partial charge in [0.05, 0.1) is 66.7 Å². The van der Waals surface area contributed by atoms with Crippen molar-refractivity contribution in [2.75, 3.05) is 0 Å². The summed E-state index contributed by atoms with van der Waals surface area (Å²) in [6.07, 6.45) is 5.63. The van der Waals surface area contributed by atoms with E-state index in [-0.39, 0.29) is 0 Å². The van der Waals surface area contributed by atoms with E-state index in [1.54, 1.807) is 0 Å². The zero-order chi connectivity index (χ0) is 99.1. The molecular weight excluding hydrogens is 1830 g/mol. The van der Waals surface area contributed by atoms with Crippen molar-refractivity contribution >= 4 is 131 Å². The van der Waals surface area contributed by atoms with Crippen LogP contribution in [0.4, 0.5) is 0 Å². The number of hydrogen-bond donors (Lipinski definition) is 0. The van der Waals surface area contributed by atoms with E-state index in [4.69, 9.17) is 34.9 Å². The first-order valence-electron chi connectivity index (χ1n) is 50.6. The Labute approximate surface area is 863 Å². The quantitative estimate of drug-likeness (QED) is 0.100. The molecule has 0 fully saturated rings. The Morgan fingerprint density at radius 2 is 0.440 bits per heavy atom. The Kier molecular flexibility index (Phi) is 21.6. The van der Waals surface area contributed by atoms with Gasteiger partial charge in [-0.2, -0.15) is 0 Å². The maximum Gasteiger partial charge on any atom is 0.235 e. The van der Waals surface area contributed by atoms with Crippen LogP contribution in [0, 0.1) is 0 Å². The third-order valence-electron chi connectivity index (χ3n) is 29.2. The van der Waals surface area contributed by atoms with E-state index in [1.807, 2.05) is 85.3 Å². The Hall–Kier alpha value is -20.4. The summed E-state index contributed by atoms with van der Waals surface area (Å²) in [6, 6.07) is 184. The molecule has 0 saturated carbocycles. The van der Waals surface area contributed by atoms with Crippen LogP contribution in [-0.4, -0.2) is 62.3 Å². The highest BCUT2D eigenvalue weighted by atomic mass is 15.2. The molecule has 0 radical (unpaired) electrons. The Balaban J connectivity index is 0.000000108. The van der Waals surface area contributed by atoms with Crippen LogP contribution < -0.4 is 0 Å². The summed E-state index contributed by atoms with van der Waals surface area (Å²) >= 11 is 0. The minimum absolute atomic E-state index is 0.640. The molecule has 0 saturated heterocycles. The summed E-state index contributed by atoms with van der Waals surface area (Å²) < 4.78 is 13.7. The number of aromatic nitrogens is 13. The summed E-state index contributed by atoms with van der Waals surface area (Å²) in [5.74, 6) is 2.16. The molecule has 0 bridgehead atoms. The highest BCUT2D eigenvalue weighted by Gasteiger charge is 2.27. The fourth-order valence-corrected chi connectivity index (χ4v) is 22.5. The summed E-state index contributed by atoms with van der Waals surface area (Å²) in [5.41, 5.74) is 36.0. The van der Waals surface area contributed by atoms with E-state index in [2.05, 4.69) is 482 Å².